The van der Waals surface area contributed by atoms with Crippen molar-refractivity contribution in [2.45, 2.75) is 50.3 Å². The topological polar surface area (TPSA) is 75.4 Å². The molecule has 1 saturated carbocycles. The Balaban J connectivity index is 2.22. The molecule has 94 valence electrons. The molecule has 1 rings (SSSR count). The minimum atomic E-state index is -0.390. The lowest BCUT2D eigenvalue weighted by Crippen LogP contribution is -2.47. The summed E-state index contributed by atoms with van der Waals surface area (Å²) in [5.74, 6) is 0.869. The quantitative estimate of drug-likeness (QED) is 0.660. The van der Waals surface area contributed by atoms with Crippen molar-refractivity contribution in [3.05, 3.63) is 0 Å². The van der Waals surface area contributed by atoms with E-state index in [9.17, 15) is 9.90 Å². The fraction of sp³-hybridized carbons (Fsp3) is 0.909. The molecule has 4 N–H and O–H groups in total. The fourth-order valence-electron chi connectivity index (χ4n) is 1.90. The molecule has 1 aliphatic carbocycles. The molecule has 0 heterocycles. The highest BCUT2D eigenvalue weighted by atomic mass is 32.2. The first-order valence-corrected chi connectivity index (χ1v) is 7.26. The SMILES string of the molecule is CSCC[C@@H](N)C(=O)NC1CCC(O)CC1. The van der Waals surface area contributed by atoms with Crippen LogP contribution in [0.3, 0.4) is 0 Å². The number of carbonyl (C=O) groups is 1. The van der Waals surface area contributed by atoms with Gasteiger partial charge in [-0.2, -0.15) is 11.8 Å². The van der Waals surface area contributed by atoms with Crippen LogP contribution < -0.4 is 11.1 Å². The van der Waals surface area contributed by atoms with Crippen LogP contribution in [0.15, 0.2) is 0 Å². The molecule has 1 atom stereocenters. The Bertz CT molecular complexity index is 218. The van der Waals surface area contributed by atoms with E-state index in [1.807, 2.05) is 6.26 Å². The van der Waals surface area contributed by atoms with Crippen LogP contribution in [0.2, 0.25) is 0 Å². The van der Waals surface area contributed by atoms with E-state index in [4.69, 9.17) is 5.73 Å². The highest BCUT2D eigenvalue weighted by Crippen LogP contribution is 2.18. The minimum absolute atomic E-state index is 0.0459. The lowest BCUT2D eigenvalue weighted by Gasteiger charge is -2.27. The van der Waals surface area contributed by atoms with Gasteiger partial charge in [-0.15, -0.1) is 0 Å². The standard InChI is InChI=1S/C11H22N2O2S/c1-16-7-6-10(12)11(15)13-8-2-4-9(14)5-3-8/h8-10,14H,2-7,12H2,1H3,(H,13,15)/t8?,9?,10-/m1/s1. The Morgan fingerprint density at radius 3 is 2.69 bits per heavy atom. The molecule has 1 fully saturated rings. The first-order valence-electron chi connectivity index (χ1n) is 5.86. The Morgan fingerprint density at radius 1 is 1.50 bits per heavy atom. The average Bonchev–Trinajstić information content (AvgIpc) is 2.29. The summed E-state index contributed by atoms with van der Waals surface area (Å²) in [6, 6.07) is -0.185. The smallest absolute Gasteiger partial charge is 0.237 e. The van der Waals surface area contributed by atoms with E-state index >= 15 is 0 Å². The Hall–Kier alpha value is -0.260. The van der Waals surface area contributed by atoms with Crippen LogP contribution in [0, 0.1) is 0 Å². The van der Waals surface area contributed by atoms with E-state index in [-0.39, 0.29) is 24.1 Å². The summed E-state index contributed by atoms with van der Waals surface area (Å²) < 4.78 is 0. The van der Waals surface area contributed by atoms with Crippen molar-refractivity contribution >= 4 is 17.7 Å². The highest BCUT2D eigenvalue weighted by Gasteiger charge is 2.22. The van der Waals surface area contributed by atoms with Gasteiger partial charge in [0.1, 0.15) is 0 Å². The van der Waals surface area contributed by atoms with E-state index in [1.54, 1.807) is 11.8 Å². The molecule has 0 radical (unpaired) electrons. The summed E-state index contributed by atoms with van der Waals surface area (Å²) in [7, 11) is 0. The number of thioether (sulfide) groups is 1. The summed E-state index contributed by atoms with van der Waals surface area (Å²) in [5.41, 5.74) is 5.77. The van der Waals surface area contributed by atoms with E-state index in [0.29, 0.717) is 0 Å². The predicted octanol–water partition coefficient (Wildman–Crippen LogP) is 0.486. The van der Waals surface area contributed by atoms with Crippen LogP contribution >= 0.6 is 11.8 Å². The average molecular weight is 246 g/mol. The summed E-state index contributed by atoms with van der Waals surface area (Å²) in [5, 5.41) is 12.3. The third-order valence-corrected chi connectivity index (χ3v) is 3.66. The van der Waals surface area contributed by atoms with E-state index < -0.39 is 0 Å². The zero-order valence-electron chi connectivity index (χ0n) is 9.82. The van der Waals surface area contributed by atoms with E-state index in [0.717, 1.165) is 37.9 Å². The molecule has 1 amide bonds. The summed E-state index contributed by atoms with van der Waals surface area (Å²) >= 11 is 1.70. The van der Waals surface area contributed by atoms with Crippen molar-refractivity contribution in [2.24, 2.45) is 5.73 Å². The van der Waals surface area contributed by atoms with Gasteiger partial charge in [0.15, 0.2) is 0 Å². The van der Waals surface area contributed by atoms with Gasteiger partial charge < -0.3 is 16.2 Å². The number of carbonyl (C=O) groups excluding carboxylic acids is 1. The molecule has 16 heavy (non-hydrogen) atoms. The van der Waals surface area contributed by atoms with Gasteiger partial charge in [-0.3, -0.25) is 4.79 Å². The molecule has 1 aliphatic rings. The molecule has 0 aliphatic heterocycles. The van der Waals surface area contributed by atoms with Gasteiger partial charge in [0.05, 0.1) is 12.1 Å². The van der Waals surface area contributed by atoms with Gasteiger partial charge in [0, 0.05) is 6.04 Å². The highest BCUT2D eigenvalue weighted by molar-refractivity contribution is 7.98. The van der Waals surface area contributed by atoms with Gasteiger partial charge in [-0.1, -0.05) is 0 Å². The van der Waals surface area contributed by atoms with Gasteiger partial charge >= 0.3 is 0 Å². The largest absolute Gasteiger partial charge is 0.393 e. The van der Waals surface area contributed by atoms with Gasteiger partial charge in [-0.25, -0.2) is 0 Å². The summed E-state index contributed by atoms with van der Waals surface area (Å²) in [6.07, 6.45) is 5.84. The monoisotopic (exact) mass is 246 g/mol. The zero-order valence-corrected chi connectivity index (χ0v) is 10.6. The molecule has 0 aromatic heterocycles. The second-order valence-electron chi connectivity index (χ2n) is 4.40. The van der Waals surface area contributed by atoms with Crippen LogP contribution in [-0.2, 0) is 4.79 Å². The number of rotatable bonds is 5. The maximum Gasteiger partial charge on any atom is 0.237 e. The summed E-state index contributed by atoms with van der Waals surface area (Å²) in [4.78, 5) is 11.7. The maximum atomic E-state index is 11.7. The van der Waals surface area contributed by atoms with Crippen molar-refractivity contribution in [1.82, 2.24) is 5.32 Å². The molecular formula is C11H22N2O2S. The van der Waals surface area contributed by atoms with Crippen LogP contribution in [0.1, 0.15) is 32.1 Å². The Labute approximate surface area is 101 Å². The van der Waals surface area contributed by atoms with Crippen LogP contribution in [0.5, 0.6) is 0 Å². The van der Waals surface area contributed by atoms with Crippen molar-refractivity contribution in [3.63, 3.8) is 0 Å². The first kappa shape index (κ1) is 13.8. The van der Waals surface area contributed by atoms with E-state index in [1.165, 1.54) is 0 Å². The Morgan fingerprint density at radius 2 is 2.12 bits per heavy atom. The first-order chi connectivity index (χ1) is 7.63. The molecule has 0 aromatic carbocycles. The summed E-state index contributed by atoms with van der Waals surface area (Å²) in [6.45, 7) is 0. The van der Waals surface area contributed by atoms with Crippen LogP contribution in [0.25, 0.3) is 0 Å². The number of hydrogen-bond acceptors (Lipinski definition) is 4. The third kappa shape index (κ3) is 4.72. The second-order valence-corrected chi connectivity index (χ2v) is 5.39. The lowest BCUT2D eigenvalue weighted by molar-refractivity contribution is -0.123. The number of amides is 1. The number of nitrogens with two attached hydrogens (primary N) is 1. The van der Waals surface area contributed by atoms with Crippen molar-refractivity contribution in [3.8, 4) is 0 Å². The molecule has 0 bridgehead atoms. The molecule has 0 saturated heterocycles. The third-order valence-electron chi connectivity index (χ3n) is 3.01. The molecule has 0 aromatic rings. The molecule has 4 nitrogen and oxygen atoms in total. The van der Waals surface area contributed by atoms with Crippen molar-refractivity contribution < 1.29 is 9.90 Å². The van der Waals surface area contributed by atoms with Crippen LogP contribution in [0.4, 0.5) is 0 Å². The zero-order chi connectivity index (χ0) is 12.0. The number of nitrogens with one attached hydrogen (secondary N) is 1. The predicted molar refractivity (Wildman–Crippen MR) is 67.4 cm³/mol. The molecule has 0 spiro atoms. The van der Waals surface area contributed by atoms with Gasteiger partial charge in [0.25, 0.3) is 0 Å². The van der Waals surface area contributed by atoms with Crippen LogP contribution in [-0.4, -0.2) is 41.2 Å². The number of aliphatic hydroxyl groups excluding tert-OH is 1. The fourth-order valence-corrected chi connectivity index (χ4v) is 2.39. The number of aliphatic hydroxyl groups is 1. The maximum absolute atomic E-state index is 11.7. The molecule has 0 unspecified atom stereocenters. The molecular weight excluding hydrogens is 224 g/mol. The van der Waals surface area contributed by atoms with Gasteiger partial charge in [0.2, 0.25) is 5.91 Å². The van der Waals surface area contributed by atoms with Gasteiger partial charge in [-0.05, 0) is 44.1 Å². The van der Waals surface area contributed by atoms with E-state index in [2.05, 4.69) is 5.32 Å². The number of hydrogen-bond donors (Lipinski definition) is 3. The second kappa shape index (κ2) is 7.14. The Kier molecular flexibility index (Phi) is 6.16. The lowest BCUT2D eigenvalue weighted by atomic mass is 9.93. The molecule has 5 heteroatoms. The van der Waals surface area contributed by atoms with Crippen molar-refractivity contribution in [1.29, 1.82) is 0 Å². The normalized spacial score (nSPS) is 27.4. The minimum Gasteiger partial charge on any atom is -0.393 e. The van der Waals surface area contributed by atoms with Crippen molar-refractivity contribution in [2.75, 3.05) is 12.0 Å².